The van der Waals surface area contributed by atoms with Crippen molar-refractivity contribution < 1.29 is 4.79 Å². The van der Waals surface area contributed by atoms with Gasteiger partial charge >= 0.3 is 0 Å². The summed E-state index contributed by atoms with van der Waals surface area (Å²) in [6.45, 7) is 19.8. The lowest BCUT2D eigenvalue weighted by molar-refractivity contribution is -0.112. The number of pyridine rings is 1. The van der Waals surface area contributed by atoms with E-state index in [-0.39, 0.29) is 0 Å². The van der Waals surface area contributed by atoms with E-state index in [9.17, 15) is 4.79 Å². The first-order chi connectivity index (χ1) is 15.4. The minimum Gasteiger partial charge on any atom is -0.373 e. The summed E-state index contributed by atoms with van der Waals surface area (Å²) in [5.74, 6) is 1.91. The molecule has 0 radical (unpaired) electrons. The molecule has 2 N–H and O–H groups in total. The third kappa shape index (κ3) is 10.7. The maximum Gasteiger partial charge on any atom is 0.126 e. The SMILES string of the molecule is C=C(/C=c1/cc(NC)nc/c1=C/C)/C(C=N)=C/C.CC.CC(C)CN1CCC(C=O)CC1. The molecule has 2 heterocycles. The summed E-state index contributed by atoms with van der Waals surface area (Å²) < 4.78 is 0. The summed E-state index contributed by atoms with van der Waals surface area (Å²) in [4.78, 5) is 17.2. The molecule has 1 aromatic rings. The number of piperidine rings is 1. The van der Waals surface area contributed by atoms with Gasteiger partial charge in [0.1, 0.15) is 12.1 Å². The van der Waals surface area contributed by atoms with Gasteiger partial charge in [0, 0.05) is 31.9 Å². The summed E-state index contributed by atoms with van der Waals surface area (Å²) in [6.07, 6.45) is 12.2. The highest BCUT2D eigenvalue weighted by Gasteiger charge is 2.18. The van der Waals surface area contributed by atoms with Crippen molar-refractivity contribution in [2.75, 3.05) is 32.0 Å². The van der Waals surface area contributed by atoms with Gasteiger partial charge in [0.05, 0.1) is 0 Å². The summed E-state index contributed by atoms with van der Waals surface area (Å²) in [6, 6.07) is 1.97. The number of nitrogens with zero attached hydrogens (tertiary/aromatic N) is 2. The normalized spacial score (nSPS) is 15.9. The molecule has 0 aliphatic carbocycles. The van der Waals surface area contributed by atoms with Crippen LogP contribution in [-0.2, 0) is 4.79 Å². The van der Waals surface area contributed by atoms with Gasteiger partial charge in [-0.1, -0.05) is 46.4 Å². The Morgan fingerprint density at radius 2 is 1.91 bits per heavy atom. The van der Waals surface area contributed by atoms with E-state index in [4.69, 9.17) is 5.41 Å². The fourth-order valence-corrected chi connectivity index (χ4v) is 3.40. The number of carbonyl (C=O) groups excluding carboxylic acids is 1. The van der Waals surface area contributed by atoms with Gasteiger partial charge in [-0.3, -0.25) is 0 Å². The molecule has 1 fully saturated rings. The van der Waals surface area contributed by atoms with Crippen LogP contribution in [0.15, 0.2) is 36.1 Å². The minimum absolute atomic E-state index is 0.341. The second-order valence-corrected chi connectivity index (χ2v) is 7.96. The van der Waals surface area contributed by atoms with E-state index in [1.54, 1.807) is 0 Å². The molecule has 0 atom stereocenters. The van der Waals surface area contributed by atoms with Crippen LogP contribution in [0.3, 0.4) is 0 Å². The molecule has 5 heteroatoms. The Labute approximate surface area is 195 Å². The number of aromatic nitrogens is 1. The molecule has 2 rings (SSSR count). The summed E-state index contributed by atoms with van der Waals surface area (Å²) >= 11 is 0. The van der Waals surface area contributed by atoms with Gasteiger partial charge in [0.2, 0.25) is 0 Å². The van der Waals surface area contributed by atoms with Gasteiger partial charge in [-0.05, 0) is 79.4 Å². The number of anilines is 1. The van der Waals surface area contributed by atoms with E-state index in [2.05, 4.69) is 35.6 Å². The predicted molar refractivity (Wildman–Crippen MR) is 141 cm³/mol. The number of likely N-dealkylation sites (tertiary alicyclic amines) is 1. The standard InChI is InChI=1S/C15H19N3.C10H19NO.C2H6/c1-5-12(9-16)11(3)7-14-8-15(17-4)18-10-13(14)6-2;1-9(2)7-11-5-3-10(8-12)4-6-11;1-2/h5-10,16-17H,3H2,1-2,4H3;8-10H,3-7H2,1-2H3;1-2H3/b12-5+,13-6-,14-7-,16-9?;;. The summed E-state index contributed by atoms with van der Waals surface area (Å²) in [5, 5.41) is 12.4. The van der Waals surface area contributed by atoms with Crippen molar-refractivity contribution in [3.63, 3.8) is 0 Å². The Morgan fingerprint density at radius 3 is 2.34 bits per heavy atom. The Morgan fingerprint density at radius 1 is 1.28 bits per heavy atom. The monoisotopic (exact) mass is 440 g/mol. The predicted octanol–water partition coefficient (Wildman–Crippen LogP) is 4.44. The van der Waals surface area contributed by atoms with E-state index in [0.29, 0.717) is 5.92 Å². The van der Waals surface area contributed by atoms with Gasteiger partial charge in [-0.2, -0.15) is 0 Å². The quantitative estimate of drug-likeness (QED) is 0.374. The average Bonchev–Trinajstić information content (AvgIpc) is 2.81. The van der Waals surface area contributed by atoms with E-state index >= 15 is 0 Å². The minimum atomic E-state index is 0.341. The van der Waals surface area contributed by atoms with Gasteiger partial charge < -0.3 is 20.4 Å². The van der Waals surface area contributed by atoms with Crippen molar-refractivity contribution in [1.29, 1.82) is 5.41 Å². The molecule has 5 nitrogen and oxygen atoms in total. The number of allylic oxidation sites excluding steroid dienone is 3. The molecule has 1 aliphatic heterocycles. The number of nitrogens with one attached hydrogen (secondary N) is 2. The molecule has 0 spiro atoms. The van der Waals surface area contributed by atoms with Crippen molar-refractivity contribution >= 4 is 30.5 Å². The first-order valence-electron chi connectivity index (χ1n) is 11.7. The first-order valence-corrected chi connectivity index (χ1v) is 11.7. The van der Waals surface area contributed by atoms with Crippen LogP contribution in [0.4, 0.5) is 5.82 Å². The number of carbonyl (C=O) groups is 1. The second-order valence-electron chi connectivity index (χ2n) is 7.96. The Kier molecular flexibility index (Phi) is 15.7. The van der Waals surface area contributed by atoms with Crippen LogP contribution < -0.4 is 15.8 Å². The molecule has 1 saturated heterocycles. The maximum absolute atomic E-state index is 10.5. The molecular weight excluding hydrogens is 396 g/mol. The highest BCUT2D eigenvalue weighted by molar-refractivity contribution is 5.86. The zero-order valence-electron chi connectivity index (χ0n) is 21.2. The van der Waals surface area contributed by atoms with E-state index in [0.717, 1.165) is 65.5 Å². The van der Waals surface area contributed by atoms with Gasteiger partial charge in [-0.15, -0.1) is 0 Å². The van der Waals surface area contributed by atoms with Crippen LogP contribution in [0.5, 0.6) is 0 Å². The molecule has 0 aromatic carbocycles. The zero-order valence-corrected chi connectivity index (χ0v) is 21.2. The second kappa shape index (κ2) is 17.1. The zero-order chi connectivity index (χ0) is 24.5. The largest absolute Gasteiger partial charge is 0.373 e. The lowest BCUT2D eigenvalue weighted by Gasteiger charge is -2.30. The van der Waals surface area contributed by atoms with Crippen molar-refractivity contribution in [3.05, 3.63) is 46.5 Å². The number of hydrogen-bond donors (Lipinski definition) is 2. The summed E-state index contributed by atoms with van der Waals surface area (Å²) in [5.41, 5.74) is 1.64. The van der Waals surface area contributed by atoms with Crippen molar-refractivity contribution in [2.45, 2.75) is 54.4 Å². The molecule has 32 heavy (non-hydrogen) atoms. The summed E-state index contributed by atoms with van der Waals surface area (Å²) in [7, 11) is 1.84. The van der Waals surface area contributed by atoms with Crippen LogP contribution >= 0.6 is 0 Å². The van der Waals surface area contributed by atoms with Crippen LogP contribution in [0.25, 0.3) is 12.2 Å². The van der Waals surface area contributed by atoms with Crippen molar-refractivity contribution in [3.8, 4) is 0 Å². The topological polar surface area (TPSA) is 69.1 Å². The highest BCUT2D eigenvalue weighted by atomic mass is 16.1. The molecule has 0 bridgehead atoms. The Hall–Kier alpha value is -2.53. The van der Waals surface area contributed by atoms with Crippen LogP contribution in [0.1, 0.15) is 54.4 Å². The lowest BCUT2D eigenvalue weighted by atomic mass is 9.98. The van der Waals surface area contributed by atoms with Crippen LogP contribution in [-0.4, -0.2) is 49.1 Å². The molecule has 0 saturated carbocycles. The molecule has 178 valence electrons. The molecule has 0 unspecified atom stereocenters. The number of rotatable bonds is 7. The van der Waals surface area contributed by atoms with Crippen molar-refractivity contribution in [2.24, 2.45) is 11.8 Å². The van der Waals surface area contributed by atoms with Crippen LogP contribution in [0.2, 0.25) is 0 Å². The number of aldehydes is 1. The first kappa shape index (κ1) is 29.5. The molecule has 0 amide bonds. The molecule has 1 aliphatic rings. The van der Waals surface area contributed by atoms with Gasteiger partial charge in [-0.25, -0.2) is 4.98 Å². The fraction of sp³-hybridized carbons (Fsp3) is 0.519. The third-order valence-electron chi connectivity index (χ3n) is 5.15. The van der Waals surface area contributed by atoms with Gasteiger partial charge in [0.25, 0.3) is 0 Å². The van der Waals surface area contributed by atoms with Gasteiger partial charge in [0.15, 0.2) is 0 Å². The fourth-order valence-electron chi connectivity index (χ4n) is 3.40. The Bertz CT molecular complexity index is 847. The van der Waals surface area contributed by atoms with Crippen molar-refractivity contribution in [1.82, 2.24) is 9.88 Å². The molecular formula is C27H44N4O. The van der Waals surface area contributed by atoms with E-state index < -0.39 is 0 Å². The molecule has 1 aromatic heterocycles. The van der Waals surface area contributed by atoms with Crippen LogP contribution in [0, 0.1) is 17.2 Å². The smallest absolute Gasteiger partial charge is 0.126 e. The maximum atomic E-state index is 10.5. The lowest BCUT2D eigenvalue weighted by Crippen LogP contribution is -2.36. The third-order valence-corrected chi connectivity index (χ3v) is 5.15. The Balaban J connectivity index is 0.000000595. The average molecular weight is 441 g/mol. The number of hydrogen-bond acceptors (Lipinski definition) is 5. The van der Waals surface area contributed by atoms with E-state index in [1.807, 2.05) is 65.2 Å². The van der Waals surface area contributed by atoms with E-state index in [1.165, 1.54) is 12.8 Å². The highest BCUT2D eigenvalue weighted by Crippen LogP contribution is 2.15.